The number of aliphatic hydroxyl groups is 2. The maximum Gasteiger partial charge on any atom is 0.336 e. The fraction of sp³-hybridized carbons (Fsp3) is 0.545. The SMILES string of the molecule is CC[C@@H](C)C(=O)c1c(O)c2c(c3c([C@@H](O)CC)cc(=O)oc13)O[C@H](C(C)(C)O)C2. The Hall–Kier alpha value is -2.38. The van der Waals surface area contributed by atoms with Crippen molar-refractivity contribution < 1.29 is 29.3 Å². The van der Waals surface area contributed by atoms with Gasteiger partial charge in [0.1, 0.15) is 23.2 Å². The molecule has 0 saturated carbocycles. The second kappa shape index (κ2) is 7.46. The largest absolute Gasteiger partial charge is 0.507 e. The summed E-state index contributed by atoms with van der Waals surface area (Å²) in [4.78, 5) is 25.3. The number of hydrogen-bond acceptors (Lipinski definition) is 7. The highest BCUT2D eigenvalue weighted by molar-refractivity contribution is 6.12. The van der Waals surface area contributed by atoms with Gasteiger partial charge in [-0.05, 0) is 26.7 Å². The van der Waals surface area contributed by atoms with Gasteiger partial charge in [-0.15, -0.1) is 0 Å². The van der Waals surface area contributed by atoms with Crippen molar-refractivity contribution in [2.24, 2.45) is 5.92 Å². The second-order valence-corrected chi connectivity index (χ2v) is 8.32. The zero-order valence-electron chi connectivity index (χ0n) is 17.4. The van der Waals surface area contributed by atoms with Crippen molar-refractivity contribution in [2.45, 2.75) is 71.7 Å². The number of phenols is 1. The molecule has 3 atom stereocenters. The topological polar surface area (TPSA) is 117 Å². The molecule has 0 radical (unpaired) electrons. The molecule has 1 aromatic carbocycles. The number of hydrogen-bond donors (Lipinski definition) is 3. The zero-order chi connectivity index (χ0) is 21.7. The fourth-order valence-electron chi connectivity index (χ4n) is 3.66. The van der Waals surface area contributed by atoms with Crippen molar-refractivity contribution in [3.63, 3.8) is 0 Å². The van der Waals surface area contributed by atoms with Crippen LogP contribution in [-0.4, -0.2) is 32.8 Å². The molecule has 0 unspecified atom stereocenters. The van der Waals surface area contributed by atoms with E-state index < -0.39 is 29.4 Å². The van der Waals surface area contributed by atoms with Gasteiger partial charge in [0, 0.05) is 29.5 Å². The van der Waals surface area contributed by atoms with Crippen molar-refractivity contribution in [1.82, 2.24) is 0 Å². The lowest BCUT2D eigenvalue weighted by molar-refractivity contribution is -0.0225. The number of carbonyl (C=O) groups is 1. The molecule has 0 bridgehead atoms. The molecule has 158 valence electrons. The number of rotatable bonds is 6. The first-order valence-electron chi connectivity index (χ1n) is 9.97. The smallest absolute Gasteiger partial charge is 0.336 e. The average Bonchev–Trinajstić information content (AvgIpc) is 3.12. The minimum atomic E-state index is -1.21. The molecule has 1 aliphatic rings. The summed E-state index contributed by atoms with van der Waals surface area (Å²) in [6.07, 6.45) is -0.591. The van der Waals surface area contributed by atoms with Crippen LogP contribution in [0.25, 0.3) is 11.0 Å². The average molecular weight is 404 g/mol. The van der Waals surface area contributed by atoms with Gasteiger partial charge < -0.3 is 24.5 Å². The lowest BCUT2D eigenvalue weighted by Crippen LogP contribution is -2.39. The summed E-state index contributed by atoms with van der Waals surface area (Å²) in [6, 6.07) is 1.19. The van der Waals surface area contributed by atoms with Crippen LogP contribution in [0.15, 0.2) is 15.3 Å². The van der Waals surface area contributed by atoms with Gasteiger partial charge in [0.2, 0.25) is 0 Å². The van der Waals surface area contributed by atoms with E-state index in [0.717, 1.165) is 0 Å². The molecule has 0 amide bonds. The molecule has 3 N–H and O–H groups in total. The Labute approximate surface area is 168 Å². The van der Waals surface area contributed by atoms with E-state index in [4.69, 9.17) is 9.15 Å². The van der Waals surface area contributed by atoms with E-state index in [0.29, 0.717) is 23.8 Å². The predicted molar refractivity (Wildman–Crippen MR) is 108 cm³/mol. The van der Waals surface area contributed by atoms with Gasteiger partial charge in [-0.3, -0.25) is 4.79 Å². The number of phenolic OH excluding ortho intramolecular Hbond substituents is 1. The van der Waals surface area contributed by atoms with Crippen LogP contribution in [0.3, 0.4) is 0 Å². The van der Waals surface area contributed by atoms with Crippen LogP contribution in [0.4, 0.5) is 0 Å². The lowest BCUT2D eigenvalue weighted by atomic mass is 9.89. The maximum absolute atomic E-state index is 13.1. The van der Waals surface area contributed by atoms with Crippen LogP contribution >= 0.6 is 0 Å². The Balaban J connectivity index is 2.44. The molecule has 2 heterocycles. The third kappa shape index (κ3) is 3.53. The Kier molecular flexibility index (Phi) is 5.49. The minimum Gasteiger partial charge on any atom is -0.507 e. The van der Waals surface area contributed by atoms with Crippen LogP contribution < -0.4 is 10.4 Å². The lowest BCUT2D eigenvalue weighted by Gasteiger charge is -2.25. The number of aliphatic hydroxyl groups excluding tert-OH is 1. The van der Waals surface area contributed by atoms with Crippen molar-refractivity contribution in [2.75, 3.05) is 0 Å². The normalized spacial score (nSPS) is 18.4. The molecular formula is C22H28O7. The minimum absolute atomic E-state index is 0.0738. The van der Waals surface area contributed by atoms with Gasteiger partial charge in [0.05, 0.1) is 17.1 Å². The first-order valence-corrected chi connectivity index (χ1v) is 9.97. The van der Waals surface area contributed by atoms with Crippen LogP contribution in [0.5, 0.6) is 11.5 Å². The molecule has 3 rings (SSSR count). The molecule has 0 spiro atoms. The summed E-state index contributed by atoms with van der Waals surface area (Å²) in [7, 11) is 0. The van der Waals surface area contributed by atoms with Crippen LogP contribution in [-0.2, 0) is 6.42 Å². The van der Waals surface area contributed by atoms with Gasteiger partial charge in [-0.2, -0.15) is 0 Å². The first-order chi connectivity index (χ1) is 13.5. The number of benzene rings is 1. The number of ketones is 1. The van der Waals surface area contributed by atoms with E-state index in [1.54, 1.807) is 27.7 Å². The highest BCUT2D eigenvalue weighted by Crippen LogP contribution is 2.48. The van der Waals surface area contributed by atoms with Crippen LogP contribution in [0.2, 0.25) is 0 Å². The van der Waals surface area contributed by atoms with Crippen molar-refractivity contribution in [3.8, 4) is 11.5 Å². The van der Waals surface area contributed by atoms with Crippen molar-refractivity contribution >= 4 is 16.8 Å². The molecule has 1 aliphatic heterocycles. The van der Waals surface area contributed by atoms with Gasteiger partial charge >= 0.3 is 5.63 Å². The summed E-state index contributed by atoms with van der Waals surface area (Å²) in [5, 5.41) is 32.2. The summed E-state index contributed by atoms with van der Waals surface area (Å²) in [6.45, 7) is 8.54. The fourth-order valence-corrected chi connectivity index (χ4v) is 3.66. The van der Waals surface area contributed by atoms with Crippen LogP contribution in [0, 0.1) is 5.92 Å². The van der Waals surface area contributed by atoms with E-state index in [2.05, 4.69) is 0 Å². The number of ether oxygens (including phenoxy) is 1. The Morgan fingerprint density at radius 3 is 2.52 bits per heavy atom. The predicted octanol–water partition coefficient (Wildman–Crippen LogP) is 3.25. The zero-order valence-corrected chi connectivity index (χ0v) is 17.4. The molecule has 29 heavy (non-hydrogen) atoms. The van der Waals surface area contributed by atoms with E-state index in [1.807, 2.05) is 6.92 Å². The molecule has 0 aliphatic carbocycles. The van der Waals surface area contributed by atoms with Gasteiger partial charge in [0.15, 0.2) is 11.4 Å². The Morgan fingerprint density at radius 2 is 1.97 bits per heavy atom. The summed E-state index contributed by atoms with van der Waals surface area (Å²) in [5.41, 5.74) is -1.44. The third-order valence-electron chi connectivity index (χ3n) is 5.73. The second-order valence-electron chi connectivity index (χ2n) is 8.32. The quantitative estimate of drug-likeness (QED) is 0.500. The molecule has 7 heteroatoms. The molecular weight excluding hydrogens is 376 g/mol. The molecule has 0 saturated heterocycles. The van der Waals surface area contributed by atoms with Gasteiger partial charge in [-0.1, -0.05) is 20.8 Å². The molecule has 7 nitrogen and oxygen atoms in total. The highest BCUT2D eigenvalue weighted by Gasteiger charge is 2.41. The summed E-state index contributed by atoms with van der Waals surface area (Å²) >= 11 is 0. The van der Waals surface area contributed by atoms with E-state index in [-0.39, 0.29) is 40.4 Å². The van der Waals surface area contributed by atoms with Gasteiger partial charge in [0.25, 0.3) is 0 Å². The maximum atomic E-state index is 13.1. The molecule has 0 fully saturated rings. The Morgan fingerprint density at radius 1 is 1.31 bits per heavy atom. The monoisotopic (exact) mass is 404 g/mol. The first kappa shape index (κ1) is 21.3. The highest BCUT2D eigenvalue weighted by atomic mass is 16.5. The number of aromatic hydroxyl groups is 1. The van der Waals surface area contributed by atoms with E-state index in [9.17, 15) is 24.9 Å². The van der Waals surface area contributed by atoms with E-state index >= 15 is 0 Å². The standard InChI is InChI=1S/C22H28O7/c1-6-10(3)18(25)17-19(26)12-8-14(22(4,5)27)28-20(12)16-11(13(23)7-2)9-15(24)29-21(16)17/h9-10,13-14,23,26-27H,6-8H2,1-5H3/t10-,13+,14+/m1/s1. The molecule has 1 aromatic heterocycles. The van der Waals surface area contributed by atoms with Crippen molar-refractivity contribution in [3.05, 3.63) is 33.2 Å². The third-order valence-corrected chi connectivity index (χ3v) is 5.73. The van der Waals surface area contributed by atoms with Crippen molar-refractivity contribution in [1.29, 1.82) is 0 Å². The summed E-state index contributed by atoms with van der Waals surface area (Å²) < 4.78 is 11.3. The summed E-state index contributed by atoms with van der Waals surface area (Å²) in [5.74, 6) is -0.817. The number of carbonyl (C=O) groups excluding carboxylic acids is 1. The van der Waals surface area contributed by atoms with Crippen LogP contribution in [0.1, 0.15) is 75.0 Å². The van der Waals surface area contributed by atoms with E-state index in [1.165, 1.54) is 6.07 Å². The number of fused-ring (bicyclic) bond motifs is 3. The van der Waals surface area contributed by atoms with Gasteiger partial charge in [-0.25, -0.2) is 4.79 Å². The Bertz CT molecular complexity index is 1010. The molecule has 2 aromatic rings. The number of Topliss-reactive ketones (excluding diaryl/α,β-unsaturated/α-hetero) is 1.